The minimum atomic E-state index is -0.203. The molecular formula is C14H17BrClN5O. The van der Waals surface area contributed by atoms with E-state index in [2.05, 4.69) is 31.6 Å². The minimum Gasteiger partial charge on any atom is -0.349 e. The molecule has 1 aromatic heterocycles. The lowest BCUT2D eigenvalue weighted by Crippen LogP contribution is -2.30. The largest absolute Gasteiger partial charge is 0.349 e. The van der Waals surface area contributed by atoms with E-state index >= 15 is 0 Å². The SMILES string of the molecule is Cl.NCCNC(=O)c1nnn(-c2ccc(Br)cc2)c1C1CC1. The van der Waals surface area contributed by atoms with Crippen molar-refractivity contribution >= 4 is 34.2 Å². The number of hydrogen-bond donors (Lipinski definition) is 2. The Labute approximate surface area is 143 Å². The number of carbonyl (C=O) groups is 1. The van der Waals surface area contributed by atoms with Crippen LogP contribution in [-0.4, -0.2) is 34.0 Å². The molecular weight excluding hydrogens is 370 g/mol. The molecule has 0 radical (unpaired) electrons. The number of benzene rings is 1. The van der Waals surface area contributed by atoms with Crippen molar-refractivity contribution in [2.45, 2.75) is 18.8 Å². The number of rotatable bonds is 5. The zero-order valence-electron chi connectivity index (χ0n) is 11.8. The second-order valence-electron chi connectivity index (χ2n) is 5.03. The molecule has 0 spiro atoms. The van der Waals surface area contributed by atoms with Crippen molar-refractivity contribution in [2.75, 3.05) is 13.1 Å². The summed E-state index contributed by atoms with van der Waals surface area (Å²) in [5.41, 5.74) is 7.63. The predicted molar refractivity (Wildman–Crippen MR) is 89.7 cm³/mol. The molecule has 1 aromatic carbocycles. The zero-order valence-corrected chi connectivity index (χ0v) is 14.2. The van der Waals surface area contributed by atoms with E-state index in [0.29, 0.717) is 24.7 Å². The first-order valence-electron chi connectivity index (χ1n) is 6.90. The molecule has 0 atom stereocenters. The van der Waals surface area contributed by atoms with E-state index in [4.69, 9.17) is 5.73 Å². The van der Waals surface area contributed by atoms with Crippen molar-refractivity contribution in [2.24, 2.45) is 5.73 Å². The number of hydrogen-bond acceptors (Lipinski definition) is 4. The quantitative estimate of drug-likeness (QED) is 0.823. The first kappa shape index (κ1) is 16.9. The smallest absolute Gasteiger partial charge is 0.273 e. The average molecular weight is 387 g/mol. The predicted octanol–water partition coefficient (Wildman–Crippen LogP) is 2.02. The van der Waals surface area contributed by atoms with Gasteiger partial charge in [-0.1, -0.05) is 21.1 Å². The summed E-state index contributed by atoms with van der Waals surface area (Å²) in [7, 11) is 0. The second kappa shape index (κ2) is 7.21. The molecule has 0 bridgehead atoms. The molecule has 1 fully saturated rings. The van der Waals surface area contributed by atoms with E-state index in [9.17, 15) is 4.79 Å². The van der Waals surface area contributed by atoms with Crippen LogP contribution < -0.4 is 11.1 Å². The summed E-state index contributed by atoms with van der Waals surface area (Å²) < 4.78 is 2.77. The van der Waals surface area contributed by atoms with Crippen molar-refractivity contribution in [3.63, 3.8) is 0 Å². The number of aromatic nitrogens is 3. The van der Waals surface area contributed by atoms with Crippen molar-refractivity contribution < 1.29 is 4.79 Å². The molecule has 0 aliphatic heterocycles. The second-order valence-corrected chi connectivity index (χ2v) is 5.95. The fourth-order valence-electron chi connectivity index (χ4n) is 2.22. The van der Waals surface area contributed by atoms with E-state index < -0.39 is 0 Å². The van der Waals surface area contributed by atoms with Crippen molar-refractivity contribution in [1.82, 2.24) is 20.3 Å². The van der Waals surface area contributed by atoms with Crippen LogP contribution in [0.5, 0.6) is 0 Å². The molecule has 1 amide bonds. The van der Waals surface area contributed by atoms with Gasteiger partial charge >= 0.3 is 0 Å². The highest BCUT2D eigenvalue weighted by Gasteiger charge is 2.34. The van der Waals surface area contributed by atoms with Crippen molar-refractivity contribution in [3.8, 4) is 5.69 Å². The van der Waals surface area contributed by atoms with Crippen LogP contribution >= 0.6 is 28.3 Å². The van der Waals surface area contributed by atoms with Crippen LogP contribution in [0.3, 0.4) is 0 Å². The molecule has 2 aromatic rings. The Morgan fingerprint density at radius 3 is 2.64 bits per heavy atom. The highest BCUT2D eigenvalue weighted by molar-refractivity contribution is 9.10. The van der Waals surface area contributed by atoms with Crippen LogP contribution in [0.15, 0.2) is 28.7 Å². The third kappa shape index (κ3) is 3.48. The number of halogens is 2. The Hall–Kier alpha value is -1.44. The Morgan fingerprint density at radius 2 is 2.05 bits per heavy atom. The highest BCUT2D eigenvalue weighted by Crippen LogP contribution is 2.41. The number of nitrogens with zero attached hydrogens (tertiary/aromatic N) is 3. The molecule has 0 unspecified atom stereocenters. The number of amides is 1. The van der Waals surface area contributed by atoms with Gasteiger partial charge in [0.2, 0.25) is 0 Å². The Bertz CT molecular complexity index is 654. The van der Waals surface area contributed by atoms with E-state index in [1.807, 2.05) is 24.3 Å². The van der Waals surface area contributed by atoms with Gasteiger partial charge in [0, 0.05) is 23.5 Å². The molecule has 1 heterocycles. The maximum Gasteiger partial charge on any atom is 0.273 e. The zero-order chi connectivity index (χ0) is 14.8. The lowest BCUT2D eigenvalue weighted by Gasteiger charge is -2.07. The topological polar surface area (TPSA) is 85.8 Å². The first-order chi connectivity index (χ1) is 10.2. The Morgan fingerprint density at radius 1 is 1.36 bits per heavy atom. The van der Waals surface area contributed by atoms with E-state index in [1.165, 1.54) is 0 Å². The Kier molecular flexibility index (Phi) is 5.55. The molecule has 3 rings (SSSR count). The third-order valence-electron chi connectivity index (χ3n) is 3.39. The van der Waals surface area contributed by atoms with Gasteiger partial charge in [0.1, 0.15) is 0 Å². The lowest BCUT2D eigenvalue weighted by atomic mass is 10.2. The molecule has 1 aliphatic carbocycles. The van der Waals surface area contributed by atoms with E-state index in [-0.39, 0.29) is 18.3 Å². The lowest BCUT2D eigenvalue weighted by molar-refractivity contribution is 0.0948. The van der Waals surface area contributed by atoms with Crippen molar-refractivity contribution in [3.05, 3.63) is 40.1 Å². The van der Waals surface area contributed by atoms with Gasteiger partial charge in [-0.05, 0) is 37.1 Å². The van der Waals surface area contributed by atoms with Gasteiger partial charge in [0.05, 0.1) is 11.4 Å². The average Bonchev–Trinajstić information content (AvgIpc) is 3.24. The maximum atomic E-state index is 12.2. The summed E-state index contributed by atoms with van der Waals surface area (Å²) >= 11 is 3.41. The standard InChI is InChI=1S/C14H16BrN5O.ClH/c15-10-3-5-11(6-4-10)20-13(9-1-2-9)12(18-19-20)14(21)17-8-7-16;/h3-6,9H,1-2,7-8,16H2,(H,17,21);1H. The molecule has 22 heavy (non-hydrogen) atoms. The molecule has 8 heteroatoms. The summed E-state index contributed by atoms with van der Waals surface area (Å²) in [5, 5.41) is 11.0. The molecule has 1 saturated carbocycles. The molecule has 6 nitrogen and oxygen atoms in total. The van der Waals surface area contributed by atoms with Crippen LogP contribution in [0, 0.1) is 0 Å². The highest BCUT2D eigenvalue weighted by atomic mass is 79.9. The maximum absolute atomic E-state index is 12.2. The third-order valence-corrected chi connectivity index (χ3v) is 3.91. The van der Waals surface area contributed by atoms with Gasteiger partial charge in [-0.3, -0.25) is 4.79 Å². The summed E-state index contributed by atoms with van der Waals surface area (Å²) in [6.07, 6.45) is 2.14. The number of carbonyl (C=O) groups excluding carboxylic acids is 1. The fourth-order valence-corrected chi connectivity index (χ4v) is 2.48. The number of nitrogens with one attached hydrogen (secondary N) is 1. The van der Waals surface area contributed by atoms with Gasteiger partial charge in [-0.2, -0.15) is 0 Å². The van der Waals surface area contributed by atoms with E-state index in [0.717, 1.165) is 28.7 Å². The summed E-state index contributed by atoms with van der Waals surface area (Å²) in [6, 6.07) is 7.79. The van der Waals surface area contributed by atoms with Crippen LogP contribution in [0.4, 0.5) is 0 Å². The van der Waals surface area contributed by atoms with Gasteiger partial charge in [0.25, 0.3) is 5.91 Å². The minimum absolute atomic E-state index is 0. The van der Waals surface area contributed by atoms with E-state index in [1.54, 1.807) is 4.68 Å². The van der Waals surface area contributed by atoms with Crippen LogP contribution in [0.25, 0.3) is 5.69 Å². The monoisotopic (exact) mass is 385 g/mol. The fraction of sp³-hybridized carbons (Fsp3) is 0.357. The molecule has 118 valence electrons. The van der Waals surface area contributed by atoms with Gasteiger partial charge in [0.15, 0.2) is 5.69 Å². The molecule has 0 saturated heterocycles. The van der Waals surface area contributed by atoms with Gasteiger partial charge in [-0.15, -0.1) is 17.5 Å². The first-order valence-corrected chi connectivity index (χ1v) is 7.70. The number of nitrogens with two attached hydrogens (primary N) is 1. The normalized spacial score (nSPS) is 13.5. The van der Waals surface area contributed by atoms with Gasteiger partial charge in [-0.25, -0.2) is 4.68 Å². The summed E-state index contributed by atoms with van der Waals surface area (Å²) in [6.45, 7) is 0.847. The Balaban J connectivity index is 0.00000176. The van der Waals surface area contributed by atoms with Crippen LogP contribution in [0.2, 0.25) is 0 Å². The molecule has 3 N–H and O–H groups in total. The van der Waals surface area contributed by atoms with Gasteiger partial charge < -0.3 is 11.1 Å². The molecule has 1 aliphatic rings. The van der Waals surface area contributed by atoms with Crippen molar-refractivity contribution in [1.29, 1.82) is 0 Å². The summed E-state index contributed by atoms with van der Waals surface area (Å²) in [4.78, 5) is 12.2. The van der Waals surface area contributed by atoms with Crippen LogP contribution in [-0.2, 0) is 0 Å². The van der Waals surface area contributed by atoms with Crippen LogP contribution in [0.1, 0.15) is 34.9 Å². The summed E-state index contributed by atoms with van der Waals surface area (Å²) in [5.74, 6) is 0.160.